The molecular weight excluding hydrogens is 582 g/mol. The van der Waals surface area contributed by atoms with E-state index in [1.807, 2.05) is 38.1 Å². The third-order valence-electron chi connectivity index (χ3n) is 8.37. The standard InChI is InChI=1S/C36H49N3O5Si/c1-8-38(9-2)27-19-21-31-33(25-27)44-34-26-28(39(10-3)11-4)20-22-32(34)35(31)29-17-14-15-18-30(29)36(40)37-23-16-24-45(41-7,42-12-5)43-13-6/h14-15,17-22,25-26H,8-13,16,23-24H2,1-7H3/p+1. The smallest absolute Gasteiger partial charge is 0.456 e. The van der Waals surface area contributed by atoms with Gasteiger partial charge in [-0.3, -0.25) is 4.79 Å². The van der Waals surface area contributed by atoms with Gasteiger partial charge in [0.25, 0.3) is 5.91 Å². The number of fused-ring (bicyclic) bond motifs is 2. The van der Waals surface area contributed by atoms with Gasteiger partial charge in [-0.2, -0.15) is 0 Å². The first-order valence-electron chi connectivity index (χ1n) is 16.4. The predicted molar refractivity (Wildman–Crippen MR) is 186 cm³/mol. The Morgan fingerprint density at radius 2 is 1.60 bits per heavy atom. The molecule has 0 radical (unpaired) electrons. The molecule has 0 saturated carbocycles. The van der Waals surface area contributed by atoms with Crippen LogP contribution in [-0.2, 0) is 13.3 Å². The van der Waals surface area contributed by atoms with Gasteiger partial charge in [-0.25, -0.2) is 4.58 Å². The van der Waals surface area contributed by atoms with Gasteiger partial charge in [0.15, 0.2) is 0 Å². The molecule has 0 atom stereocenters. The van der Waals surface area contributed by atoms with Crippen LogP contribution in [0.4, 0.5) is 5.69 Å². The van der Waals surface area contributed by atoms with Crippen molar-refractivity contribution in [3.63, 3.8) is 0 Å². The molecule has 0 unspecified atom stereocenters. The Balaban J connectivity index is 1.79. The van der Waals surface area contributed by atoms with E-state index in [1.165, 1.54) is 0 Å². The van der Waals surface area contributed by atoms with Gasteiger partial charge in [0.2, 0.25) is 5.36 Å². The monoisotopic (exact) mass is 632 g/mol. The largest absolute Gasteiger partial charge is 0.500 e. The third-order valence-corrected chi connectivity index (χ3v) is 11.4. The lowest BCUT2D eigenvalue weighted by Gasteiger charge is -2.27. The fourth-order valence-electron chi connectivity index (χ4n) is 6.08. The first-order chi connectivity index (χ1) is 21.9. The van der Waals surface area contributed by atoms with E-state index in [2.05, 4.69) is 78.9 Å². The molecule has 0 bridgehead atoms. The molecule has 2 aromatic carbocycles. The van der Waals surface area contributed by atoms with Crippen molar-refractivity contribution in [2.24, 2.45) is 0 Å². The highest BCUT2D eigenvalue weighted by Gasteiger charge is 2.38. The number of carbonyl (C=O) groups excluding carboxylic acids is 1. The molecule has 1 amide bonds. The van der Waals surface area contributed by atoms with Crippen LogP contribution in [-0.4, -0.2) is 67.8 Å². The lowest BCUT2D eigenvalue weighted by atomic mass is 9.90. The van der Waals surface area contributed by atoms with Crippen LogP contribution in [0.25, 0.3) is 33.4 Å². The van der Waals surface area contributed by atoms with Gasteiger partial charge in [0.05, 0.1) is 6.07 Å². The molecule has 9 heteroatoms. The maximum absolute atomic E-state index is 13.8. The van der Waals surface area contributed by atoms with Crippen LogP contribution in [0.15, 0.2) is 65.1 Å². The maximum atomic E-state index is 13.8. The second kappa shape index (κ2) is 16.2. The van der Waals surface area contributed by atoms with Crippen molar-refractivity contribution in [1.29, 1.82) is 0 Å². The van der Waals surface area contributed by atoms with Crippen LogP contribution in [0, 0.1) is 0 Å². The number of hydrogen-bond acceptors (Lipinski definition) is 6. The minimum absolute atomic E-state index is 0.121. The van der Waals surface area contributed by atoms with Gasteiger partial charge in [-0.05, 0) is 77.8 Å². The van der Waals surface area contributed by atoms with Crippen LogP contribution in [0.1, 0.15) is 58.3 Å². The second-order valence-corrected chi connectivity index (χ2v) is 13.7. The fraction of sp³-hybridized carbons (Fsp3) is 0.444. The molecule has 0 fully saturated rings. The zero-order valence-electron chi connectivity index (χ0n) is 28.1. The molecule has 1 aliphatic heterocycles. The molecule has 4 rings (SSSR count). The average molecular weight is 633 g/mol. The van der Waals surface area contributed by atoms with Crippen molar-refractivity contribution in [3.8, 4) is 22.5 Å². The highest BCUT2D eigenvalue weighted by molar-refractivity contribution is 6.60. The molecule has 1 N–H and O–H groups in total. The lowest BCUT2D eigenvalue weighted by molar-refractivity contribution is 0.0851. The Hall–Kier alpha value is -3.50. The van der Waals surface area contributed by atoms with Crippen LogP contribution in [0.3, 0.4) is 0 Å². The van der Waals surface area contributed by atoms with Crippen molar-refractivity contribution in [3.05, 3.63) is 71.6 Å². The highest BCUT2D eigenvalue weighted by atomic mass is 28.4. The Labute approximate surface area is 269 Å². The molecule has 242 valence electrons. The Kier molecular flexibility index (Phi) is 12.4. The maximum Gasteiger partial charge on any atom is 0.500 e. The summed E-state index contributed by atoms with van der Waals surface area (Å²) >= 11 is 0. The SMILES string of the molecule is CCO[Si](CCCNC(=O)c1ccccc1-c1c2ccc(=[N+](CC)CC)cc-2oc2cc(N(CC)CC)ccc12)(OC)OCC. The van der Waals surface area contributed by atoms with Gasteiger partial charge in [0.1, 0.15) is 24.4 Å². The first-order valence-corrected chi connectivity index (χ1v) is 18.4. The number of rotatable bonds is 16. The highest BCUT2D eigenvalue weighted by Crippen LogP contribution is 2.42. The van der Waals surface area contributed by atoms with E-state index in [4.69, 9.17) is 17.7 Å². The van der Waals surface area contributed by atoms with E-state index in [0.29, 0.717) is 37.8 Å². The Bertz CT molecular complexity index is 1600. The summed E-state index contributed by atoms with van der Waals surface area (Å²) in [5.41, 5.74) is 5.36. The van der Waals surface area contributed by atoms with E-state index in [0.717, 1.165) is 70.6 Å². The van der Waals surface area contributed by atoms with Crippen molar-refractivity contribution in [2.75, 3.05) is 57.9 Å². The Morgan fingerprint density at radius 1 is 0.889 bits per heavy atom. The number of anilines is 1. The van der Waals surface area contributed by atoms with Gasteiger partial charge in [0, 0.05) is 85.9 Å². The molecule has 1 heterocycles. The van der Waals surface area contributed by atoms with E-state index in [9.17, 15) is 4.79 Å². The summed E-state index contributed by atoms with van der Waals surface area (Å²) < 4.78 is 26.5. The summed E-state index contributed by atoms with van der Waals surface area (Å²) in [5.74, 6) is 0.672. The third kappa shape index (κ3) is 7.66. The van der Waals surface area contributed by atoms with E-state index in [1.54, 1.807) is 7.11 Å². The first kappa shape index (κ1) is 34.4. The topological polar surface area (TPSA) is 76.2 Å². The van der Waals surface area contributed by atoms with Crippen molar-refractivity contribution >= 4 is 31.4 Å². The normalized spacial score (nSPS) is 11.7. The number of nitrogens with zero attached hydrogens (tertiary/aromatic N) is 2. The summed E-state index contributed by atoms with van der Waals surface area (Å²) in [6.07, 6.45) is 0.687. The summed E-state index contributed by atoms with van der Waals surface area (Å²) in [5, 5.41) is 5.23. The van der Waals surface area contributed by atoms with E-state index in [-0.39, 0.29) is 5.91 Å². The minimum atomic E-state index is -2.75. The molecular formula is C36H50N3O5Si+. The zero-order chi connectivity index (χ0) is 32.4. The van der Waals surface area contributed by atoms with Crippen molar-refractivity contribution in [1.82, 2.24) is 9.89 Å². The summed E-state index contributed by atoms with van der Waals surface area (Å²) in [4.78, 5) is 16.1. The quantitative estimate of drug-likeness (QED) is 0.0646. The van der Waals surface area contributed by atoms with Crippen LogP contribution in [0.5, 0.6) is 0 Å². The molecule has 2 aromatic rings. The molecule has 45 heavy (non-hydrogen) atoms. The summed E-state index contributed by atoms with van der Waals surface area (Å²) in [7, 11) is -1.11. The van der Waals surface area contributed by atoms with Crippen molar-refractivity contribution < 1.29 is 22.5 Å². The zero-order valence-corrected chi connectivity index (χ0v) is 29.1. The van der Waals surface area contributed by atoms with Crippen molar-refractivity contribution in [2.45, 2.75) is 54.0 Å². The van der Waals surface area contributed by atoms with Crippen LogP contribution >= 0.6 is 0 Å². The fourth-order valence-corrected chi connectivity index (χ4v) is 8.38. The molecule has 0 saturated heterocycles. The Morgan fingerprint density at radius 3 is 2.24 bits per heavy atom. The molecule has 0 aromatic heterocycles. The summed E-state index contributed by atoms with van der Waals surface area (Å²) in [6, 6.07) is 21.3. The number of hydrogen-bond donors (Lipinski definition) is 1. The number of carbonyl (C=O) groups is 1. The molecule has 2 aliphatic rings. The lowest BCUT2D eigenvalue weighted by Crippen LogP contribution is -2.45. The number of amides is 1. The van der Waals surface area contributed by atoms with Gasteiger partial charge in [-0.1, -0.05) is 18.2 Å². The van der Waals surface area contributed by atoms with E-state index >= 15 is 0 Å². The number of benzene rings is 3. The second-order valence-electron chi connectivity index (χ2n) is 10.8. The van der Waals surface area contributed by atoms with Gasteiger partial charge < -0.3 is 27.9 Å². The average Bonchev–Trinajstić information content (AvgIpc) is 3.06. The van der Waals surface area contributed by atoms with Gasteiger partial charge >= 0.3 is 8.80 Å². The summed E-state index contributed by atoms with van der Waals surface area (Å²) in [6.45, 7) is 17.7. The van der Waals surface area contributed by atoms with E-state index < -0.39 is 8.80 Å². The van der Waals surface area contributed by atoms with Crippen LogP contribution in [0.2, 0.25) is 6.04 Å². The number of nitrogens with one attached hydrogen (secondary N) is 1. The van der Waals surface area contributed by atoms with Crippen LogP contribution < -0.4 is 20.1 Å². The van der Waals surface area contributed by atoms with Gasteiger partial charge in [-0.15, -0.1) is 0 Å². The molecule has 1 aliphatic carbocycles. The molecule has 8 nitrogen and oxygen atoms in total. The minimum Gasteiger partial charge on any atom is -0.456 e. The molecule has 0 spiro atoms. The predicted octanol–water partition coefficient (Wildman–Crippen LogP) is 6.64.